The summed E-state index contributed by atoms with van der Waals surface area (Å²) in [5.74, 6) is -0.899. The van der Waals surface area contributed by atoms with Crippen molar-refractivity contribution < 1.29 is 32.6 Å². The van der Waals surface area contributed by atoms with Crippen molar-refractivity contribution in [3.05, 3.63) is 65.2 Å². The zero-order valence-corrected chi connectivity index (χ0v) is 21.4. The molecule has 1 saturated carbocycles. The summed E-state index contributed by atoms with van der Waals surface area (Å²) in [6, 6.07) is 11.0. The number of carbonyl (C=O) groups is 2. The van der Waals surface area contributed by atoms with Crippen LogP contribution in [-0.4, -0.2) is 46.6 Å². The molecule has 0 bridgehead atoms. The number of nitrogens with one attached hydrogen (secondary N) is 1. The van der Waals surface area contributed by atoms with E-state index in [2.05, 4.69) is 10.2 Å². The number of hydrogen-bond donors (Lipinski definition) is 2. The number of benzene rings is 2. The third-order valence-electron chi connectivity index (χ3n) is 7.32. The highest BCUT2D eigenvalue weighted by Gasteiger charge is 2.47. The average Bonchev–Trinajstić information content (AvgIpc) is 3.33. The zero-order valence-electron chi connectivity index (χ0n) is 20.6. The lowest BCUT2D eigenvalue weighted by Gasteiger charge is -2.43. The molecule has 0 radical (unpaired) electrons. The van der Waals surface area contributed by atoms with Crippen LogP contribution in [0.15, 0.2) is 48.5 Å². The number of amides is 1. The van der Waals surface area contributed by atoms with Gasteiger partial charge in [0, 0.05) is 13.1 Å². The minimum atomic E-state index is -4.43. The minimum Gasteiger partial charge on any atom is -0.489 e. The van der Waals surface area contributed by atoms with Gasteiger partial charge in [-0.1, -0.05) is 37.5 Å². The molecule has 2 fully saturated rings. The molecule has 6 nitrogen and oxygen atoms in total. The van der Waals surface area contributed by atoms with Gasteiger partial charge in [0.25, 0.3) is 0 Å². The molecule has 0 aromatic heterocycles. The fraction of sp³-hybridized carbons (Fsp3) is 0.481. The van der Waals surface area contributed by atoms with Crippen LogP contribution in [0.1, 0.15) is 73.0 Å². The highest BCUT2D eigenvalue weighted by Crippen LogP contribution is 2.38. The van der Waals surface area contributed by atoms with Crippen LogP contribution in [0.5, 0.6) is 5.75 Å². The topological polar surface area (TPSA) is 78.9 Å². The molecule has 1 saturated heterocycles. The van der Waals surface area contributed by atoms with E-state index in [1.807, 2.05) is 6.92 Å². The Balaban J connectivity index is 0.00000380. The maximum Gasteiger partial charge on any atom is 0.416 e. The molecule has 0 unspecified atom stereocenters. The Morgan fingerprint density at radius 1 is 1.11 bits per heavy atom. The molecule has 1 amide bonds. The first-order valence-corrected chi connectivity index (χ1v) is 12.3. The standard InChI is InChI=1S/C27H31F3N2O4.ClH/c1-18(19-8-10-20(11-9-19)24(33)34)31-25(35)26(13-3-2-4-14-26)32-15-12-23(17-32)36-22-7-5-6-21(16-22)27(28,29)30;/h5-11,16,18,23H,2-4,12-15,17H2,1H3,(H,31,35)(H,33,34);1H/t18-,23+;/m0./s1. The van der Waals surface area contributed by atoms with Crippen molar-refractivity contribution in [2.45, 2.75) is 69.3 Å². The normalized spacial score (nSPS) is 20.5. The molecule has 2 aromatic rings. The summed E-state index contributed by atoms with van der Waals surface area (Å²) < 4.78 is 45.1. The smallest absolute Gasteiger partial charge is 0.416 e. The molecule has 37 heavy (non-hydrogen) atoms. The number of carbonyl (C=O) groups excluding carboxylic acids is 1. The van der Waals surface area contributed by atoms with Crippen LogP contribution >= 0.6 is 12.4 Å². The summed E-state index contributed by atoms with van der Waals surface area (Å²) in [5.41, 5.74) is -0.445. The highest BCUT2D eigenvalue weighted by atomic mass is 35.5. The minimum absolute atomic E-state index is 0. The molecule has 2 aromatic carbocycles. The van der Waals surface area contributed by atoms with Gasteiger partial charge in [0.05, 0.1) is 17.2 Å². The quantitative estimate of drug-likeness (QED) is 0.460. The third-order valence-corrected chi connectivity index (χ3v) is 7.32. The molecule has 1 aliphatic heterocycles. The molecule has 4 rings (SSSR count). The molecule has 10 heteroatoms. The molecule has 2 aliphatic rings. The number of carboxylic acid groups (broad SMARTS) is 1. The van der Waals surface area contributed by atoms with Gasteiger partial charge in [-0.15, -0.1) is 12.4 Å². The largest absolute Gasteiger partial charge is 0.489 e. The van der Waals surface area contributed by atoms with Crippen molar-refractivity contribution in [1.29, 1.82) is 0 Å². The fourth-order valence-corrected chi connectivity index (χ4v) is 5.30. The Morgan fingerprint density at radius 2 is 1.78 bits per heavy atom. The fourth-order valence-electron chi connectivity index (χ4n) is 5.30. The first kappa shape index (κ1) is 28.8. The number of nitrogens with zero attached hydrogens (tertiary/aromatic N) is 1. The third kappa shape index (κ3) is 6.57. The molecule has 1 aliphatic carbocycles. The van der Waals surface area contributed by atoms with Crippen LogP contribution in [0.3, 0.4) is 0 Å². The van der Waals surface area contributed by atoms with Gasteiger partial charge in [0.2, 0.25) is 5.91 Å². The Labute approximate surface area is 220 Å². The van der Waals surface area contributed by atoms with E-state index in [9.17, 15) is 22.8 Å². The Hall–Kier alpha value is -2.78. The number of ether oxygens (including phenoxy) is 1. The molecule has 0 spiro atoms. The first-order valence-electron chi connectivity index (χ1n) is 12.3. The van der Waals surface area contributed by atoms with Crippen LogP contribution in [0.2, 0.25) is 0 Å². The van der Waals surface area contributed by atoms with Gasteiger partial charge in [-0.05, 0) is 62.1 Å². The van der Waals surface area contributed by atoms with Crippen LogP contribution in [-0.2, 0) is 11.0 Å². The molecule has 2 atom stereocenters. The second-order valence-electron chi connectivity index (χ2n) is 9.71. The van der Waals surface area contributed by atoms with Crippen LogP contribution in [0.4, 0.5) is 13.2 Å². The molecule has 1 heterocycles. The summed E-state index contributed by atoms with van der Waals surface area (Å²) in [6.07, 6.45) is 0.197. The molecule has 202 valence electrons. The van der Waals surface area contributed by atoms with E-state index in [0.29, 0.717) is 32.4 Å². The van der Waals surface area contributed by atoms with Crippen LogP contribution in [0.25, 0.3) is 0 Å². The van der Waals surface area contributed by atoms with Crippen molar-refractivity contribution in [3.8, 4) is 5.75 Å². The van der Waals surface area contributed by atoms with Gasteiger partial charge >= 0.3 is 12.1 Å². The summed E-state index contributed by atoms with van der Waals surface area (Å²) >= 11 is 0. The van der Waals surface area contributed by atoms with Crippen molar-refractivity contribution in [2.75, 3.05) is 13.1 Å². The average molecular weight is 541 g/mol. The maximum atomic E-state index is 13.7. The predicted molar refractivity (Wildman–Crippen MR) is 135 cm³/mol. The number of rotatable bonds is 7. The summed E-state index contributed by atoms with van der Waals surface area (Å²) in [7, 11) is 0. The predicted octanol–water partition coefficient (Wildman–Crippen LogP) is 5.86. The number of likely N-dealkylation sites (tertiary alicyclic amines) is 1. The number of hydrogen-bond acceptors (Lipinski definition) is 4. The number of halogens is 4. The Kier molecular flexibility index (Phi) is 9.13. The monoisotopic (exact) mass is 540 g/mol. The lowest BCUT2D eigenvalue weighted by Crippen LogP contribution is -2.59. The van der Waals surface area contributed by atoms with E-state index in [-0.39, 0.29) is 41.8 Å². The Bertz CT molecular complexity index is 1090. The SMILES string of the molecule is C[C@H](NC(=O)C1(N2CC[C@@H](Oc3cccc(C(F)(F)F)c3)C2)CCCCC1)c1ccc(C(=O)O)cc1.Cl. The van der Waals surface area contributed by atoms with Crippen LogP contribution in [0, 0.1) is 0 Å². The summed E-state index contributed by atoms with van der Waals surface area (Å²) in [4.78, 5) is 26.9. The number of alkyl halides is 3. The molecule has 2 N–H and O–H groups in total. The lowest BCUT2D eigenvalue weighted by atomic mass is 9.79. The lowest BCUT2D eigenvalue weighted by molar-refractivity contribution is -0.138. The number of aromatic carboxylic acids is 1. The second-order valence-corrected chi connectivity index (χ2v) is 9.71. The van der Waals surface area contributed by atoms with Gasteiger partial charge in [-0.2, -0.15) is 13.2 Å². The number of carboxylic acids is 1. The van der Waals surface area contributed by atoms with Crippen molar-refractivity contribution in [2.24, 2.45) is 0 Å². The zero-order chi connectivity index (χ0) is 25.9. The molecular weight excluding hydrogens is 509 g/mol. The van der Waals surface area contributed by atoms with Crippen molar-refractivity contribution in [3.63, 3.8) is 0 Å². The van der Waals surface area contributed by atoms with Gasteiger partial charge in [0.15, 0.2) is 0 Å². The van der Waals surface area contributed by atoms with Crippen molar-refractivity contribution >= 4 is 24.3 Å². The van der Waals surface area contributed by atoms with Gasteiger partial charge in [-0.3, -0.25) is 9.69 Å². The van der Waals surface area contributed by atoms with E-state index in [0.717, 1.165) is 37.0 Å². The van der Waals surface area contributed by atoms with Crippen LogP contribution < -0.4 is 10.1 Å². The van der Waals surface area contributed by atoms with Gasteiger partial charge < -0.3 is 15.2 Å². The van der Waals surface area contributed by atoms with E-state index in [1.54, 1.807) is 12.1 Å². The summed E-state index contributed by atoms with van der Waals surface area (Å²) in [5, 5.41) is 12.2. The Morgan fingerprint density at radius 3 is 2.41 bits per heavy atom. The van der Waals surface area contributed by atoms with E-state index in [1.165, 1.54) is 24.3 Å². The first-order chi connectivity index (χ1) is 17.1. The van der Waals surface area contributed by atoms with Gasteiger partial charge in [0.1, 0.15) is 17.4 Å². The summed E-state index contributed by atoms with van der Waals surface area (Å²) in [6.45, 7) is 2.96. The van der Waals surface area contributed by atoms with Crippen molar-refractivity contribution in [1.82, 2.24) is 10.2 Å². The second kappa shape index (κ2) is 11.7. The highest BCUT2D eigenvalue weighted by molar-refractivity contribution is 5.88. The molecular formula is C27H32ClF3N2O4. The van der Waals surface area contributed by atoms with E-state index < -0.39 is 23.2 Å². The van der Waals surface area contributed by atoms with E-state index in [4.69, 9.17) is 9.84 Å². The van der Waals surface area contributed by atoms with Gasteiger partial charge in [-0.25, -0.2) is 4.79 Å². The van der Waals surface area contributed by atoms with E-state index >= 15 is 0 Å². The maximum absolute atomic E-state index is 13.7.